The molecule has 2 atom stereocenters. The lowest BCUT2D eigenvalue weighted by Gasteiger charge is -2.21. The van der Waals surface area contributed by atoms with Gasteiger partial charge in [0.25, 0.3) is 0 Å². The van der Waals surface area contributed by atoms with E-state index in [2.05, 4.69) is 10.3 Å². The molecule has 0 aliphatic heterocycles. The van der Waals surface area contributed by atoms with Gasteiger partial charge in [0.1, 0.15) is 28.7 Å². The maximum Gasteiger partial charge on any atom is 0.238 e. The van der Waals surface area contributed by atoms with E-state index in [1.54, 1.807) is 33.4 Å². The fourth-order valence-electron chi connectivity index (χ4n) is 2.21. The second-order valence-corrected chi connectivity index (χ2v) is 5.75. The Hall–Kier alpha value is -2.21. The Bertz CT molecular complexity index is 663. The second kappa shape index (κ2) is 7.37. The molecule has 124 valence electrons. The molecule has 0 aliphatic carbocycles. The van der Waals surface area contributed by atoms with Crippen LogP contribution in [0.25, 0.3) is 0 Å². The van der Waals surface area contributed by atoms with Crippen LogP contribution in [0.2, 0.25) is 0 Å². The van der Waals surface area contributed by atoms with E-state index in [-0.39, 0.29) is 5.91 Å². The number of benzene rings is 1. The zero-order chi connectivity index (χ0) is 17.0. The third-order valence-electron chi connectivity index (χ3n) is 3.47. The first kappa shape index (κ1) is 17.1. The van der Waals surface area contributed by atoms with Crippen LogP contribution in [0.1, 0.15) is 24.4 Å². The van der Waals surface area contributed by atoms with Gasteiger partial charge >= 0.3 is 0 Å². The number of alkyl halides is 1. The number of carbonyl (C=O) groups is 1. The molecule has 0 saturated heterocycles. The number of amides is 1. The van der Waals surface area contributed by atoms with Gasteiger partial charge in [0.05, 0.1) is 14.2 Å². The minimum Gasteiger partial charge on any atom is -0.497 e. The predicted octanol–water partition coefficient (Wildman–Crippen LogP) is 2.27. The number of rotatable bonds is 6. The Balaban J connectivity index is 2.49. The van der Waals surface area contributed by atoms with Crippen LogP contribution in [0, 0.1) is 0 Å². The largest absolute Gasteiger partial charge is 0.497 e. The van der Waals surface area contributed by atoms with Crippen molar-refractivity contribution in [3.63, 3.8) is 0 Å². The Morgan fingerprint density at radius 3 is 2.30 bits per heavy atom. The number of aryl methyl sites for hydroxylation is 1. The quantitative estimate of drug-likeness (QED) is 0.821. The van der Waals surface area contributed by atoms with E-state index in [4.69, 9.17) is 21.1 Å². The van der Waals surface area contributed by atoms with Crippen molar-refractivity contribution in [1.82, 2.24) is 14.9 Å². The summed E-state index contributed by atoms with van der Waals surface area (Å²) in [6, 6.07) is 4.97. The van der Waals surface area contributed by atoms with Gasteiger partial charge in [-0.25, -0.2) is 4.98 Å². The summed E-state index contributed by atoms with van der Waals surface area (Å²) in [5.74, 6) is 1.67. The SMILES string of the molecule is COc1cc(OC)cc(C(NC(=O)C(C)Cl)c2nccn2C)c1. The molecule has 2 unspecified atom stereocenters. The maximum absolute atomic E-state index is 12.1. The summed E-state index contributed by atoms with van der Waals surface area (Å²) in [5, 5.41) is 2.27. The lowest BCUT2D eigenvalue weighted by Crippen LogP contribution is -2.35. The van der Waals surface area contributed by atoms with Gasteiger partial charge in [-0.05, 0) is 24.6 Å². The van der Waals surface area contributed by atoms with Crippen LogP contribution in [0.4, 0.5) is 0 Å². The van der Waals surface area contributed by atoms with Gasteiger partial charge in [0.15, 0.2) is 0 Å². The molecule has 6 nitrogen and oxygen atoms in total. The number of methoxy groups -OCH3 is 2. The average Bonchev–Trinajstić information content (AvgIpc) is 2.97. The van der Waals surface area contributed by atoms with Gasteiger partial charge in [-0.15, -0.1) is 11.6 Å². The summed E-state index contributed by atoms with van der Waals surface area (Å²) < 4.78 is 12.4. The number of imidazole rings is 1. The van der Waals surface area contributed by atoms with Gasteiger partial charge in [0.2, 0.25) is 5.91 Å². The Morgan fingerprint density at radius 2 is 1.87 bits per heavy atom. The number of nitrogens with one attached hydrogen (secondary N) is 1. The van der Waals surface area contributed by atoms with Crippen LogP contribution in [0.5, 0.6) is 11.5 Å². The number of hydrogen-bond acceptors (Lipinski definition) is 4. The molecule has 1 aromatic heterocycles. The molecule has 1 amide bonds. The number of halogens is 1. The number of carbonyl (C=O) groups excluding carboxylic acids is 1. The molecule has 0 saturated carbocycles. The van der Waals surface area contributed by atoms with Gasteiger partial charge in [0, 0.05) is 25.5 Å². The Morgan fingerprint density at radius 1 is 1.26 bits per heavy atom. The van der Waals surface area contributed by atoms with Crippen LogP contribution in [-0.4, -0.2) is 35.1 Å². The van der Waals surface area contributed by atoms with E-state index < -0.39 is 11.4 Å². The molecule has 2 rings (SSSR count). The fraction of sp³-hybridized carbons (Fsp3) is 0.375. The predicted molar refractivity (Wildman–Crippen MR) is 88.1 cm³/mol. The van der Waals surface area contributed by atoms with Crippen molar-refractivity contribution in [1.29, 1.82) is 0 Å². The van der Waals surface area contributed by atoms with Crippen molar-refractivity contribution in [3.05, 3.63) is 42.0 Å². The first-order chi connectivity index (χ1) is 11.0. The molecule has 0 bridgehead atoms. The van der Waals surface area contributed by atoms with Crippen molar-refractivity contribution < 1.29 is 14.3 Å². The normalized spacial score (nSPS) is 13.3. The van der Waals surface area contributed by atoms with Crippen molar-refractivity contribution in [2.45, 2.75) is 18.3 Å². The topological polar surface area (TPSA) is 65.4 Å². The summed E-state index contributed by atoms with van der Waals surface area (Å²) in [6.45, 7) is 1.62. The van der Waals surface area contributed by atoms with Gasteiger partial charge in [-0.3, -0.25) is 4.79 Å². The zero-order valence-electron chi connectivity index (χ0n) is 13.5. The van der Waals surface area contributed by atoms with Gasteiger partial charge in [-0.1, -0.05) is 0 Å². The van der Waals surface area contributed by atoms with Crippen molar-refractivity contribution in [2.24, 2.45) is 7.05 Å². The highest BCUT2D eigenvalue weighted by Gasteiger charge is 2.23. The first-order valence-electron chi connectivity index (χ1n) is 7.11. The molecule has 1 heterocycles. The Kier molecular flexibility index (Phi) is 5.50. The first-order valence-corrected chi connectivity index (χ1v) is 7.54. The minimum atomic E-state index is -0.648. The minimum absolute atomic E-state index is 0.276. The third kappa shape index (κ3) is 3.96. The van der Waals surface area contributed by atoms with Crippen LogP contribution in [0.15, 0.2) is 30.6 Å². The number of ether oxygens (including phenoxy) is 2. The van der Waals surface area contributed by atoms with Crippen molar-refractivity contribution in [2.75, 3.05) is 14.2 Å². The number of aromatic nitrogens is 2. The van der Waals surface area contributed by atoms with E-state index in [1.807, 2.05) is 29.9 Å². The molecule has 2 aromatic rings. The van der Waals surface area contributed by atoms with E-state index in [1.165, 1.54) is 0 Å². The summed E-state index contributed by atoms with van der Waals surface area (Å²) in [7, 11) is 5.02. The molecule has 0 radical (unpaired) electrons. The summed E-state index contributed by atoms with van der Waals surface area (Å²) >= 11 is 5.89. The number of nitrogens with zero attached hydrogens (tertiary/aromatic N) is 2. The number of hydrogen-bond donors (Lipinski definition) is 1. The molecule has 0 fully saturated rings. The summed E-state index contributed by atoms with van der Waals surface area (Å²) in [6.07, 6.45) is 3.49. The summed E-state index contributed by atoms with van der Waals surface area (Å²) in [5.41, 5.74) is 0.793. The van der Waals surface area contributed by atoms with Gasteiger partial charge < -0.3 is 19.4 Å². The molecule has 0 aliphatic rings. The van der Waals surface area contributed by atoms with Gasteiger partial charge in [-0.2, -0.15) is 0 Å². The average molecular weight is 338 g/mol. The van der Waals surface area contributed by atoms with E-state index in [0.29, 0.717) is 17.3 Å². The lowest BCUT2D eigenvalue weighted by molar-refractivity contribution is -0.121. The van der Waals surface area contributed by atoms with E-state index in [9.17, 15) is 4.79 Å². The summed E-state index contributed by atoms with van der Waals surface area (Å²) in [4.78, 5) is 16.4. The molecular formula is C16H20ClN3O3. The van der Waals surface area contributed by atoms with Crippen LogP contribution in [0.3, 0.4) is 0 Å². The lowest BCUT2D eigenvalue weighted by atomic mass is 10.0. The smallest absolute Gasteiger partial charge is 0.238 e. The monoisotopic (exact) mass is 337 g/mol. The van der Waals surface area contributed by atoms with Crippen LogP contribution in [-0.2, 0) is 11.8 Å². The van der Waals surface area contributed by atoms with Crippen molar-refractivity contribution >= 4 is 17.5 Å². The van der Waals surface area contributed by atoms with E-state index >= 15 is 0 Å². The molecule has 7 heteroatoms. The fourth-order valence-corrected chi connectivity index (χ4v) is 2.27. The molecule has 1 aromatic carbocycles. The molecule has 0 spiro atoms. The zero-order valence-corrected chi connectivity index (χ0v) is 14.3. The van der Waals surface area contributed by atoms with Crippen LogP contribution < -0.4 is 14.8 Å². The highest BCUT2D eigenvalue weighted by molar-refractivity contribution is 6.30. The molecule has 23 heavy (non-hydrogen) atoms. The third-order valence-corrected chi connectivity index (χ3v) is 3.67. The maximum atomic E-state index is 12.1. The Labute approximate surface area is 140 Å². The molecular weight excluding hydrogens is 318 g/mol. The van der Waals surface area contributed by atoms with Crippen LogP contribution >= 0.6 is 11.6 Å². The highest BCUT2D eigenvalue weighted by Crippen LogP contribution is 2.29. The van der Waals surface area contributed by atoms with Crippen molar-refractivity contribution in [3.8, 4) is 11.5 Å². The molecule has 1 N–H and O–H groups in total. The standard InChI is InChI=1S/C16H20ClN3O3/c1-10(17)16(21)19-14(15-18-5-6-20(15)2)11-7-12(22-3)9-13(8-11)23-4/h5-10,14H,1-4H3,(H,19,21). The second-order valence-electron chi connectivity index (χ2n) is 5.10. The van der Waals surface area contributed by atoms with E-state index in [0.717, 1.165) is 5.56 Å². The highest BCUT2D eigenvalue weighted by atomic mass is 35.5.